The summed E-state index contributed by atoms with van der Waals surface area (Å²) < 4.78 is 15.2. The van der Waals surface area contributed by atoms with Crippen molar-refractivity contribution in [2.45, 2.75) is 30.7 Å². The Morgan fingerprint density at radius 2 is 1.90 bits per heavy atom. The number of ether oxygens (including phenoxy) is 3. The van der Waals surface area contributed by atoms with E-state index >= 15 is 0 Å². The second-order valence-corrected chi connectivity index (χ2v) is 4.68. The molecule has 2 rings (SSSR count). The van der Waals surface area contributed by atoms with Crippen LogP contribution in [-0.2, 0) is 14.2 Å². The summed E-state index contributed by atoms with van der Waals surface area (Å²) in [4.78, 5) is 12.0. The zero-order valence-corrected chi connectivity index (χ0v) is 11.5. The summed E-state index contributed by atoms with van der Waals surface area (Å²) in [6, 6.07) is 8.19. The highest BCUT2D eigenvalue weighted by Gasteiger charge is 2.46. The minimum Gasteiger partial charge on any atom is -0.453 e. The van der Waals surface area contributed by atoms with E-state index in [9.17, 15) is 15.0 Å². The summed E-state index contributed by atoms with van der Waals surface area (Å²) in [6.07, 6.45) is -6.08. The van der Waals surface area contributed by atoms with Crippen LogP contribution in [0.15, 0.2) is 30.3 Å². The summed E-state index contributed by atoms with van der Waals surface area (Å²) in [6.45, 7) is -0.493. The van der Waals surface area contributed by atoms with E-state index in [2.05, 4.69) is 0 Å². The van der Waals surface area contributed by atoms with Crippen molar-refractivity contribution in [2.24, 2.45) is 0 Å². The van der Waals surface area contributed by atoms with E-state index in [0.717, 1.165) is 0 Å². The topological polar surface area (TPSA) is 105 Å². The lowest BCUT2D eigenvalue weighted by Crippen LogP contribution is -2.60. The van der Waals surface area contributed by atoms with Crippen LogP contribution in [0.4, 0.5) is 0 Å². The van der Waals surface area contributed by atoms with Crippen molar-refractivity contribution < 1.29 is 34.3 Å². The van der Waals surface area contributed by atoms with Gasteiger partial charge in [0.15, 0.2) is 12.4 Å². The molecule has 0 radical (unpaired) electrons. The van der Waals surface area contributed by atoms with Gasteiger partial charge in [-0.2, -0.15) is 0 Å². The van der Waals surface area contributed by atoms with Crippen molar-refractivity contribution in [3.63, 3.8) is 0 Å². The molecular formula is C14H18O7. The maximum atomic E-state index is 12.0. The van der Waals surface area contributed by atoms with E-state index in [-0.39, 0.29) is 5.56 Å². The lowest BCUT2D eigenvalue weighted by molar-refractivity contribution is -0.293. The molecule has 5 atom stereocenters. The molecule has 3 unspecified atom stereocenters. The average Bonchev–Trinajstić information content (AvgIpc) is 2.52. The van der Waals surface area contributed by atoms with Crippen LogP contribution in [0, 0.1) is 0 Å². The predicted molar refractivity (Wildman–Crippen MR) is 70.4 cm³/mol. The zero-order valence-electron chi connectivity index (χ0n) is 11.5. The highest BCUT2D eigenvalue weighted by Crippen LogP contribution is 2.24. The molecule has 1 aliphatic heterocycles. The van der Waals surface area contributed by atoms with Gasteiger partial charge in [-0.25, -0.2) is 4.79 Å². The molecule has 0 aliphatic carbocycles. The third-order valence-electron chi connectivity index (χ3n) is 3.31. The van der Waals surface area contributed by atoms with Crippen molar-refractivity contribution >= 4 is 5.97 Å². The van der Waals surface area contributed by atoms with Crippen LogP contribution in [0.3, 0.4) is 0 Å². The monoisotopic (exact) mass is 298 g/mol. The van der Waals surface area contributed by atoms with Crippen LogP contribution in [0.1, 0.15) is 10.4 Å². The van der Waals surface area contributed by atoms with Crippen LogP contribution in [-0.4, -0.2) is 65.7 Å². The fourth-order valence-corrected chi connectivity index (χ4v) is 2.15. The van der Waals surface area contributed by atoms with E-state index < -0.39 is 43.3 Å². The van der Waals surface area contributed by atoms with Gasteiger partial charge in [0.2, 0.25) is 0 Å². The number of aliphatic hydroxyl groups is 3. The number of hydrogen-bond acceptors (Lipinski definition) is 7. The van der Waals surface area contributed by atoms with Crippen LogP contribution in [0.25, 0.3) is 0 Å². The number of rotatable bonds is 4. The summed E-state index contributed by atoms with van der Waals surface area (Å²) in [5.74, 6) is -0.688. The molecule has 7 heteroatoms. The number of esters is 1. The van der Waals surface area contributed by atoms with E-state index in [1.165, 1.54) is 7.11 Å². The Labute approximate surface area is 121 Å². The van der Waals surface area contributed by atoms with Gasteiger partial charge in [-0.15, -0.1) is 0 Å². The Hall–Kier alpha value is -1.51. The molecule has 116 valence electrons. The molecule has 21 heavy (non-hydrogen) atoms. The predicted octanol–water partition coefficient (Wildman–Crippen LogP) is -0.703. The Kier molecular flexibility index (Phi) is 5.27. The molecule has 0 aromatic heterocycles. The van der Waals surface area contributed by atoms with Gasteiger partial charge < -0.3 is 29.5 Å². The maximum absolute atomic E-state index is 12.0. The standard InChI is InChI=1S/C14H18O7/c1-19-14-11(17)12(10(16)9(7-15)20-14)21-13(18)8-5-3-2-4-6-8/h2-6,9-12,14-17H,7H2,1H3/t9?,10-,11?,12?,14+/m0/s1. The fraction of sp³-hybridized carbons (Fsp3) is 0.500. The molecule has 0 saturated carbocycles. The lowest BCUT2D eigenvalue weighted by Gasteiger charge is -2.40. The number of hydrogen-bond donors (Lipinski definition) is 3. The summed E-state index contributed by atoms with van der Waals surface area (Å²) >= 11 is 0. The molecular weight excluding hydrogens is 280 g/mol. The summed E-state index contributed by atoms with van der Waals surface area (Å²) in [5.41, 5.74) is 0.290. The molecule has 1 saturated heterocycles. The van der Waals surface area contributed by atoms with Gasteiger partial charge in [0.05, 0.1) is 12.2 Å². The van der Waals surface area contributed by atoms with E-state index in [1.807, 2.05) is 0 Å². The highest BCUT2D eigenvalue weighted by atomic mass is 16.7. The Morgan fingerprint density at radius 3 is 2.48 bits per heavy atom. The van der Waals surface area contributed by atoms with Crippen molar-refractivity contribution in [2.75, 3.05) is 13.7 Å². The van der Waals surface area contributed by atoms with Gasteiger partial charge in [-0.3, -0.25) is 0 Å². The second kappa shape index (κ2) is 6.97. The largest absolute Gasteiger partial charge is 0.453 e. The van der Waals surface area contributed by atoms with E-state index in [0.29, 0.717) is 0 Å². The molecule has 0 spiro atoms. The molecule has 1 aromatic rings. The normalized spacial score (nSPS) is 32.7. The number of carbonyl (C=O) groups excluding carboxylic acids is 1. The number of benzene rings is 1. The lowest BCUT2D eigenvalue weighted by atomic mass is 9.99. The quantitative estimate of drug-likeness (QED) is 0.631. The van der Waals surface area contributed by atoms with Gasteiger partial charge in [0.1, 0.15) is 18.3 Å². The Morgan fingerprint density at radius 1 is 1.24 bits per heavy atom. The molecule has 1 heterocycles. The number of methoxy groups -OCH3 is 1. The van der Waals surface area contributed by atoms with Gasteiger partial charge in [-0.1, -0.05) is 18.2 Å². The number of carbonyl (C=O) groups is 1. The third-order valence-corrected chi connectivity index (χ3v) is 3.31. The first kappa shape index (κ1) is 15.9. The van der Waals surface area contributed by atoms with Gasteiger partial charge >= 0.3 is 5.97 Å². The van der Waals surface area contributed by atoms with Crippen molar-refractivity contribution in [3.8, 4) is 0 Å². The van der Waals surface area contributed by atoms with Gasteiger partial charge in [-0.05, 0) is 12.1 Å². The first-order chi connectivity index (χ1) is 10.1. The van der Waals surface area contributed by atoms with Gasteiger partial charge in [0, 0.05) is 7.11 Å². The molecule has 0 bridgehead atoms. The van der Waals surface area contributed by atoms with Crippen LogP contribution >= 0.6 is 0 Å². The molecule has 1 fully saturated rings. The fourth-order valence-electron chi connectivity index (χ4n) is 2.15. The highest BCUT2D eigenvalue weighted by molar-refractivity contribution is 5.89. The Bertz CT molecular complexity index is 448. The SMILES string of the molecule is CO[C@@H]1OC(CO)[C@H](O)C(OC(=O)c2ccccc2)C1O. The smallest absolute Gasteiger partial charge is 0.338 e. The zero-order chi connectivity index (χ0) is 15.4. The van der Waals surface area contributed by atoms with Crippen molar-refractivity contribution in [3.05, 3.63) is 35.9 Å². The second-order valence-electron chi connectivity index (χ2n) is 4.68. The van der Waals surface area contributed by atoms with Gasteiger partial charge in [0.25, 0.3) is 0 Å². The summed E-state index contributed by atoms with van der Waals surface area (Å²) in [5, 5.41) is 29.2. The minimum absolute atomic E-state index is 0.290. The molecule has 3 N–H and O–H groups in total. The average molecular weight is 298 g/mol. The molecule has 7 nitrogen and oxygen atoms in total. The third kappa shape index (κ3) is 3.39. The number of aliphatic hydroxyl groups excluding tert-OH is 3. The molecule has 1 aliphatic rings. The van der Waals surface area contributed by atoms with Crippen LogP contribution in [0.2, 0.25) is 0 Å². The maximum Gasteiger partial charge on any atom is 0.338 e. The summed E-state index contributed by atoms with van der Waals surface area (Å²) in [7, 11) is 1.30. The first-order valence-corrected chi connectivity index (χ1v) is 6.49. The Balaban J connectivity index is 2.13. The molecule has 0 amide bonds. The molecule has 1 aromatic carbocycles. The van der Waals surface area contributed by atoms with E-state index in [1.54, 1.807) is 30.3 Å². The van der Waals surface area contributed by atoms with Crippen molar-refractivity contribution in [1.29, 1.82) is 0 Å². The first-order valence-electron chi connectivity index (χ1n) is 6.49. The van der Waals surface area contributed by atoms with Crippen LogP contribution in [0.5, 0.6) is 0 Å². The van der Waals surface area contributed by atoms with E-state index in [4.69, 9.17) is 19.3 Å². The minimum atomic E-state index is -1.36. The van der Waals surface area contributed by atoms with Crippen molar-refractivity contribution in [1.82, 2.24) is 0 Å². The van der Waals surface area contributed by atoms with Crippen LogP contribution < -0.4 is 0 Å².